The molecular weight excluding hydrogens is 296 g/mol. The minimum absolute atomic E-state index is 0.455. The summed E-state index contributed by atoms with van der Waals surface area (Å²) in [4.78, 5) is 38.0. The lowest BCUT2D eigenvalue weighted by molar-refractivity contribution is -0.146. The van der Waals surface area contributed by atoms with E-state index in [4.69, 9.17) is 0 Å². The van der Waals surface area contributed by atoms with Gasteiger partial charge in [0.25, 0.3) is 0 Å². The van der Waals surface area contributed by atoms with Crippen molar-refractivity contribution in [1.29, 1.82) is 0 Å². The molecular formula is C15H24N6O2. The molecule has 23 heavy (non-hydrogen) atoms. The molecule has 2 amide bonds. The Morgan fingerprint density at radius 3 is 2.43 bits per heavy atom. The Morgan fingerprint density at radius 1 is 1.17 bits per heavy atom. The average Bonchev–Trinajstić information content (AvgIpc) is 2.58. The first kappa shape index (κ1) is 17.1. The van der Waals surface area contributed by atoms with Gasteiger partial charge in [0.15, 0.2) is 0 Å². The van der Waals surface area contributed by atoms with Crippen molar-refractivity contribution in [1.82, 2.24) is 25.1 Å². The van der Waals surface area contributed by atoms with Gasteiger partial charge in [0.05, 0.1) is 0 Å². The van der Waals surface area contributed by atoms with Crippen LogP contribution in [0.1, 0.15) is 6.42 Å². The Morgan fingerprint density at radius 2 is 1.83 bits per heavy atom. The molecule has 1 aromatic rings. The fourth-order valence-corrected chi connectivity index (χ4v) is 2.38. The highest BCUT2D eigenvalue weighted by atomic mass is 16.2. The molecule has 0 unspecified atom stereocenters. The van der Waals surface area contributed by atoms with Crippen molar-refractivity contribution in [3.63, 3.8) is 0 Å². The van der Waals surface area contributed by atoms with Crippen LogP contribution in [0.4, 0.5) is 5.95 Å². The molecule has 0 atom stereocenters. The molecule has 0 saturated carbocycles. The summed E-state index contributed by atoms with van der Waals surface area (Å²) in [6, 6.07) is 1.77. The Balaban J connectivity index is 1.73. The van der Waals surface area contributed by atoms with E-state index in [1.807, 2.05) is 23.9 Å². The van der Waals surface area contributed by atoms with Crippen LogP contribution in [0.3, 0.4) is 0 Å². The zero-order valence-electron chi connectivity index (χ0n) is 13.7. The van der Waals surface area contributed by atoms with Crippen molar-refractivity contribution >= 4 is 17.8 Å². The van der Waals surface area contributed by atoms with E-state index >= 15 is 0 Å². The fourth-order valence-electron chi connectivity index (χ4n) is 2.38. The molecule has 2 heterocycles. The predicted octanol–water partition coefficient (Wildman–Crippen LogP) is -0.807. The van der Waals surface area contributed by atoms with Crippen LogP contribution in [0, 0.1) is 0 Å². The van der Waals surface area contributed by atoms with Gasteiger partial charge in [-0.1, -0.05) is 0 Å². The van der Waals surface area contributed by atoms with E-state index in [0.29, 0.717) is 38.7 Å². The van der Waals surface area contributed by atoms with Crippen LogP contribution in [0.15, 0.2) is 18.5 Å². The average molecular weight is 320 g/mol. The summed E-state index contributed by atoms with van der Waals surface area (Å²) in [7, 11) is 3.95. The monoisotopic (exact) mass is 320 g/mol. The highest BCUT2D eigenvalue weighted by Crippen LogP contribution is 2.09. The predicted molar refractivity (Wildman–Crippen MR) is 87.0 cm³/mol. The largest absolute Gasteiger partial charge is 0.348 e. The third kappa shape index (κ3) is 5.17. The first-order valence-corrected chi connectivity index (χ1v) is 7.81. The van der Waals surface area contributed by atoms with Gasteiger partial charge in [-0.05, 0) is 33.1 Å². The lowest BCUT2D eigenvalue weighted by Crippen LogP contribution is -2.53. The Hall–Kier alpha value is -2.22. The molecule has 1 saturated heterocycles. The van der Waals surface area contributed by atoms with E-state index in [1.54, 1.807) is 23.4 Å². The number of carbonyl (C=O) groups excluding carboxylic acids is 2. The van der Waals surface area contributed by atoms with E-state index in [1.165, 1.54) is 0 Å². The van der Waals surface area contributed by atoms with Crippen LogP contribution < -0.4 is 10.2 Å². The standard InChI is InChI=1S/C15H24N6O2/c1-19(2)8-4-7-16-13(22)14(23)20-9-11-21(12-10-20)15-17-5-3-6-18-15/h3,5-6H,4,7-12H2,1-2H3,(H,16,22). The number of aromatic nitrogens is 2. The molecule has 1 aliphatic heterocycles. The number of hydrogen-bond acceptors (Lipinski definition) is 6. The van der Waals surface area contributed by atoms with Gasteiger partial charge in [-0.2, -0.15) is 0 Å². The van der Waals surface area contributed by atoms with Crippen LogP contribution in [-0.4, -0.2) is 84.9 Å². The second kappa shape index (κ2) is 8.42. The second-order valence-electron chi connectivity index (χ2n) is 5.74. The third-order valence-electron chi connectivity index (χ3n) is 3.66. The molecule has 0 aliphatic carbocycles. The summed E-state index contributed by atoms with van der Waals surface area (Å²) >= 11 is 0. The molecule has 8 nitrogen and oxygen atoms in total. The molecule has 2 rings (SSSR count). The highest BCUT2D eigenvalue weighted by Gasteiger charge is 2.26. The lowest BCUT2D eigenvalue weighted by atomic mass is 10.3. The number of piperazine rings is 1. The molecule has 1 aliphatic rings. The molecule has 0 bridgehead atoms. The van der Waals surface area contributed by atoms with Gasteiger partial charge in [-0.25, -0.2) is 9.97 Å². The lowest BCUT2D eigenvalue weighted by Gasteiger charge is -2.34. The number of hydrogen-bond donors (Lipinski definition) is 1. The zero-order chi connectivity index (χ0) is 16.7. The van der Waals surface area contributed by atoms with Crippen molar-refractivity contribution in [3.05, 3.63) is 18.5 Å². The summed E-state index contributed by atoms with van der Waals surface area (Å²) in [6.45, 7) is 3.66. The molecule has 126 valence electrons. The molecule has 1 aromatic heterocycles. The first-order chi connectivity index (χ1) is 11.1. The summed E-state index contributed by atoms with van der Waals surface area (Å²) < 4.78 is 0. The summed E-state index contributed by atoms with van der Waals surface area (Å²) in [5.41, 5.74) is 0. The molecule has 8 heteroatoms. The van der Waals surface area contributed by atoms with Gasteiger partial charge in [-0.15, -0.1) is 0 Å². The van der Waals surface area contributed by atoms with Crippen LogP contribution in [-0.2, 0) is 9.59 Å². The number of nitrogens with zero attached hydrogens (tertiary/aromatic N) is 5. The normalized spacial score (nSPS) is 14.9. The van der Waals surface area contributed by atoms with Crippen molar-refractivity contribution in [3.8, 4) is 0 Å². The van der Waals surface area contributed by atoms with Crippen LogP contribution in [0.2, 0.25) is 0 Å². The van der Waals surface area contributed by atoms with E-state index in [2.05, 4.69) is 15.3 Å². The maximum atomic E-state index is 12.1. The number of nitrogens with one attached hydrogen (secondary N) is 1. The van der Waals surface area contributed by atoms with Gasteiger partial charge < -0.3 is 20.0 Å². The van der Waals surface area contributed by atoms with E-state index < -0.39 is 11.8 Å². The van der Waals surface area contributed by atoms with Crippen LogP contribution in [0.5, 0.6) is 0 Å². The maximum Gasteiger partial charge on any atom is 0.312 e. The van der Waals surface area contributed by atoms with Crippen LogP contribution in [0.25, 0.3) is 0 Å². The molecule has 1 N–H and O–H groups in total. The SMILES string of the molecule is CN(C)CCCNC(=O)C(=O)N1CCN(c2ncccn2)CC1. The van der Waals surface area contributed by atoms with Gasteiger partial charge in [-0.3, -0.25) is 9.59 Å². The van der Waals surface area contributed by atoms with Gasteiger partial charge in [0.1, 0.15) is 0 Å². The van der Waals surface area contributed by atoms with Crippen molar-refractivity contribution < 1.29 is 9.59 Å². The third-order valence-corrected chi connectivity index (χ3v) is 3.66. The molecule has 1 fully saturated rings. The maximum absolute atomic E-state index is 12.1. The van der Waals surface area contributed by atoms with Crippen molar-refractivity contribution in [2.45, 2.75) is 6.42 Å². The minimum Gasteiger partial charge on any atom is -0.348 e. The number of rotatable bonds is 5. The smallest absolute Gasteiger partial charge is 0.312 e. The number of carbonyl (C=O) groups is 2. The van der Waals surface area contributed by atoms with Gasteiger partial charge in [0.2, 0.25) is 5.95 Å². The van der Waals surface area contributed by atoms with Crippen molar-refractivity contribution in [2.75, 3.05) is 58.3 Å². The van der Waals surface area contributed by atoms with Crippen LogP contribution >= 0.6 is 0 Å². The summed E-state index contributed by atoms with van der Waals surface area (Å²) in [6.07, 6.45) is 4.22. The fraction of sp³-hybridized carbons (Fsp3) is 0.600. The van der Waals surface area contributed by atoms with Gasteiger partial charge in [0, 0.05) is 45.1 Å². The van der Waals surface area contributed by atoms with Gasteiger partial charge >= 0.3 is 11.8 Å². The van der Waals surface area contributed by atoms with E-state index in [9.17, 15) is 9.59 Å². The quantitative estimate of drug-likeness (QED) is 0.565. The Bertz CT molecular complexity index is 514. The second-order valence-corrected chi connectivity index (χ2v) is 5.74. The molecule has 0 spiro atoms. The van der Waals surface area contributed by atoms with E-state index in [0.717, 1.165) is 13.0 Å². The Kier molecular flexibility index (Phi) is 6.28. The van der Waals surface area contributed by atoms with Crippen molar-refractivity contribution in [2.24, 2.45) is 0 Å². The zero-order valence-corrected chi connectivity index (χ0v) is 13.7. The first-order valence-electron chi connectivity index (χ1n) is 7.81. The number of amides is 2. The summed E-state index contributed by atoms with van der Waals surface area (Å²) in [5.74, 6) is -0.315. The minimum atomic E-state index is -0.520. The van der Waals surface area contributed by atoms with E-state index in [-0.39, 0.29) is 0 Å². The highest BCUT2D eigenvalue weighted by molar-refractivity contribution is 6.35. The topological polar surface area (TPSA) is 81.7 Å². The molecule has 0 aromatic carbocycles. The number of anilines is 1. The Labute approximate surface area is 136 Å². The molecule has 0 radical (unpaired) electrons. The summed E-state index contributed by atoms with van der Waals surface area (Å²) in [5, 5.41) is 2.68.